The fraction of sp³-hybridized carbons (Fsp3) is 0.0741. The van der Waals surface area contributed by atoms with Gasteiger partial charge in [-0.3, -0.25) is 10.0 Å². The number of H-pyrrole nitrogens is 1. The second-order valence-corrected chi connectivity index (χ2v) is 7.84. The summed E-state index contributed by atoms with van der Waals surface area (Å²) in [5, 5.41) is 12.8. The van der Waals surface area contributed by atoms with Crippen LogP contribution >= 0.6 is 0 Å². The van der Waals surface area contributed by atoms with Gasteiger partial charge in [0.2, 0.25) is 0 Å². The molecule has 0 aliphatic heterocycles. The molecule has 0 saturated carbocycles. The van der Waals surface area contributed by atoms with Gasteiger partial charge < -0.3 is 4.98 Å². The van der Waals surface area contributed by atoms with Gasteiger partial charge >= 0.3 is 0 Å². The molecule has 5 aromatic rings. The zero-order valence-electron chi connectivity index (χ0n) is 17.1. The maximum Gasteiger partial charge on any atom is 0.255 e. The number of nitrogens with one attached hydrogen (secondary N) is 2. The highest BCUT2D eigenvalue weighted by atomic mass is 16.5. The molecule has 4 aromatic carbocycles. The molecule has 0 saturated heterocycles. The predicted molar refractivity (Wildman–Crippen MR) is 124 cm³/mol. The van der Waals surface area contributed by atoms with Crippen LogP contribution < -0.4 is 5.48 Å². The Balaban J connectivity index is 1.83. The summed E-state index contributed by atoms with van der Waals surface area (Å²) in [6, 6.07) is 30.3. The molecule has 31 heavy (non-hydrogen) atoms. The molecular formula is C27H22N2O2. The van der Waals surface area contributed by atoms with Crippen LogP contribution in [0.5, 0.6) is 0 Å². The van der Waals surface area contributed by atoms with Crippen molar-refractivity contribution in [3.05, 3.63) is 108 Å². The van der Waals surface area contributed by atoms with Crippen LogP contribution in [0.15, 0.2) is 91.0 Å². The number of rotatable bonds is 4. The summed E-state index contributed by atoms with van der Waals surface area (Å²) in [5.41, 5.74) is 7.49. The molecule has 1 unspecified atom stereocenters. The Morgan fingerprint density at radius 1 is 0.871 bits per heavy atom. The second kappa shape index (κ2) is 7.74. The fourth-order valence-electron chi connectivity index (χ4n) is 4.36. The quantitative estimate of drug-likeness (QED) is 0.256. The van der Waals surface area contributed by atoms with E-state index in [4.69, 9.17) is 0 Å². The van der Waals surface area contributed by atoms with E-state index in [1.54, 1.807) is 0 Å². The first-order chi connectivity index (χ1) is 15.2. The first-order valence-electron chi connectivity index (χ1n) is 10.3. The lowest BCUT2D eigenvalue weighted by Gasteiger charge is -2.18. The Labute approximate surface area is 180 Å². The van der Waals surface area contributed by atoms with Gasteiger partial charge in [-0.05, 0) is 47.0 Å². The van der Waals surface area contributed by atoms with Crippen molar-refractivity contribution in [3.8, 4) is 11.3 Å². The molecular weight excluding hydrogens is 384 g/mol. The molecule has 0 bridgehead atoms. The van der Waals surface area contributed by atoms with Gasteiger partial charge in [0.05, 0.1) is 11.6 Å². The van der Waals surface area contributed by atoms with Gasteiger partial charge in [-0.1, -0.05) is 78.4 Å². The molecule has 1 atom stereocenters. The van der Waals surface area contributed by atoms with Gasteiger partial charge in [0.15, 0.2) is 0 Å². The van der Waals surface area contributed by atoms with E-state index in [-0.39, 0.29) is 0 Å². The SMILES string of the molecule is Cc1ccc2[nH]c(-c3ccc4ccccc4c3)c(C(C(=O)NO)c3ccccc3)c2c1. The van der Waals surface area contributed by atoms with Gasteiger partial charge in [-0.25, -0.2) is 5.48 Å². The van der Waals surface area contributed by atoms with E-state index in [9.17, 15) is 10.0 Å². The number of aryl methyl sites for hydroxylation is 1. The third-order valence-electron chi connectivity index (χ3n) is 5.83. The Morgan fingerprint density at radius 2 is 1.61 bits per heavy atom. The number of aromatic nitrogens is 1. The largest absolute Gasteiger partial charge is 0.354 e. The highest BCUT2D eigenvalue weighted by Crippen LogP contribution is 2.40. The van der Waals surface area contributed by atoms with Gasteiger partial charge in [0, 0.05) is 16.5 Å². The summed E-state index contributed by atoms with van der Waals surface area (Å²) in [5.74, 6) is -1.13. The molecule has 0 spiro atoms. The number of carbonyl (C=O) groups excluding carboxylic acids is 1. The summed E-state index contributed by atoms with van der Waals surface area (Å²) in [6.45, 7) is 2.04. The Morgan fingerprint density at radius 3 is 2.39 bits per heavy atom. The van der Waals surface area contributed by atoms with Crippen molar-refractivity contribution in [1.29, 1.82) is 0 Å². The minimum atomic E-state index is -0.664. The van der Waals surface area contributed by atoms with Crippen LogP contribution in [0.25, 0.3) is 32.9 Å². The smallest absolute Gasteiger partial charge is 0.255 e. The average molecular weight is 406 g/mol. The summed E-state index contributed by atoms with van der Waals surface area (Å²) in [4.78, 5) is 16.5. The van der Waals surface area contributed by atoms with E-state index in [0.717, 1.165) is 49.6 Å². The number of carbonyl (C=O) groups is 1. The number of fused-ring (bicyclic) bond motifs is 2. The van der Waals surface area contributed by atoms with E-state index in [2.05, 4.69) is 47.4 Å². The lowest BCUT2D eigenvalue weighted by atomic mass is 9.86. The summed E-state index contributed by atoms with van der Waals surface area (Å²) >= 11 is 0. The Kier molecular flexibility index (Phi) is 4.77. The topological polar surface area (TPSA) is 65.1 Å². The van der Waals surface area contributed by atoms with Crippen molar-refractivity contribution < 1.29 is 10.0 Å². The van der Waals surface area contributed by atoms with Gasteiger partial charge in [-0.15, -0.1) is 0 Å². The number of hydrogen-bond donors (Lipinski definition) is 3. The minimum absolute atomic E-state index is 0.462. The van der Waals surface area contributed by atoms with Crippen molar-refractivity contribution in [3.63, 3.8) is 0 Å². The van der Waals surface area contributed by atoms with E-state index >= 15 is 0 Å². The van der Waals surface area contributed by atoms with Crippen LogP contribution in [0.1, 0.15) is 22.6 Å². The summed E-state index contributed by atoms with van der Waals surface area (Å²) < 4.78 is 0. The average Bonchev–Trinajstić information content (AvgIpc) is 3.18. The Bertz CT molecular complexity index is 1400. The van der Waals surface area contributed by atoms with E-state index in [1.807, 2.05) is 60.9 Å². The van der Waals surface area contributed by atoms with E-state index in [1.165, 1.54) is 0 Å². The number of benzene rings is 4. The maximum absolute atomic E-state index is 13.0. The summed E-state index contributed by atoms with van der Waals surface area (Å²) in [6.07, 6.45) is 0. The molecule has 4 heteroatoms. The number of amides is 1. The monoisotopic (exact) mass is 406 g/mol. The first kappa shape index (κ1) is 19.1. The first-order valence-corrected chi connectivity index (χ1v) is 10.3. The molecule has 0 fully saturated rings. The van der Waals surface area contributed by atoms with Gasteiger partial charge in [0.1, 0.15) is 0 Å². The molecule has 1 amide bonds. The van der Waals surface area contributed by atoms with Crippen LogP contribution in [0.4, 0.5) is 0 Å². The minimum Gasteiger partial charge on any atom is -0.354 e. The van der Waals surface area contributed by atoms with Gasteiger partial charge in [0.25, 0.3) is 5.91 Å². The lowest BCUT2D eigenvalue weighted by molar-refractivity contribution is -0.129. The standard InChI is InChI=1S/C27H22N2O2/c1-17-11-14-23-22(15-17)25(24(27(30)29-31)19-8-3-2-4-9-19)26(28-23)21-13-12-18-7-5-6-10-20(18)16-21/h2-16,24,28,31H,1H3,(H,29,30). The van der Waals surface area contributed by atoms with Crippen LogP contribution in [0, 0.1) is 6.92 Å². The Hall–Kier alpha value is -3.89. The number of hydroxylamine groups is 1. The van der Waals surface area contributed by atoms with Crippen molar-refractivity contribution in [2.45, 2.75) is 12.8 Å². The third kappa shape index (κ3) is 3.37. The molecule has 3 N–H and O–H groups in total. The van der Waals surface area contributed by atoms with Crippen molar-refractivity contribution in [2.75, 3.05) is 0 Å². The van der Waals surface area contributed by atoms with Crippen LogP contribution in [0.3, 0.4) is 0 Å². The highest BCUT2D eigenvalue weighted by Gasteiger charge is 2.29. The molecule has 1 heterocycles. The van der Waals surface area contributed by atoms with Crippen LogP contribution in [-0.4, -0.2) is 16.1 Å². The van der Waals surface area contributed by atoms with Gasteiger partial charge in [-0.2, -0.15) is 0 Å². The van der Waals surface area contributed by atoms with E-state index < -0.39 is 11.8 Å². The predicted octanol–water partition coefficient (Wildman–Crippen LogP) is 5.93. The molecule has 5 rings (SSSR count). The molecule has 152 valence electrons. The molecule has 1 aromatic heterocycles. The lowest BCUT2D eigenvalue weighted by Crippen LogP contribution is -2.27. The second-order valence-electron chi connectivity index (χ2n) is 7.84. The van der Waals surface area contributed by atoms with E-state index in [0.29, 0.717) is 0 Å². The highest BCUT2D eigenvalue weighted by molar-refractivity contribution is 6.00. The molecule has 0 aliphatic carbocycles. The fourth-order valence-corrected chi connectivity index (χ4v) is 4.36. The van der Waals surface area contributed by atoms with Crippen LogP contribution in [0.2, 0.25) is 0 Å². The third-order valence-corrected chi connectivity index (χ3v) is 5.83. The van der Waals surface area contributed by atoms with Crippen molar-refractivity contribution in [1.82, 2.24) is 10.5 Å². The molecule has 4 nitrogen and oxygen atoms in total. The molecule has 0 radical (unpaired) electrons. The van der Waals surface area contributed by atoms with Crippen LogP contribution in [-0.2, 0) is 4.79 Å². The molecule has 0 aliphatic rings. The zero-order chi connectivity index (χ0) is 21.4. The number of aromatic amines is 1. The number of hydrogen-bond acceptors (Lipinski definition) is 2. The van der Waals surface area contributed by atoms with Crippen molar-refractivity contribution in [2.24, 2.45) is 0 Å². The zero-order valence-corrected chi connectivity index (χ0v) is 17.1. The van der Waals surface area contributed by atoms with Crippen molar-refractivity contribution >= 4 is 27.6 Å². The maximum atomic E-state index is 13.0. The summed E-state index contributed by atoms with van der Waals surface area (Å²) in [7, 11) is 0. The normalized spacial score (nSPS) is 12.2.